The summed E-state index contributed by atoms with van der Waals surface area (Å²) in [5.74, 6) is 0.829. The molecule has 0 saturated carbocycles. The summed E-state index contributed by atoms with van der Waals surface area (Å²) in [6, 6.07) is 14.3. The molecule has 0 spiro atoms. The Bertz CT molecular complexity index is 826. The van der Waals surface area contributed by atoms with Gasteiger partial charge in [0.1, 0.15) is 12.4 Å². The second-order valence-corrected chi connectivity index (χ2v) is 6.88. The van der Waals surface area contributed by atoms with Crippen LogP contribution in [0.15, 0.2) is 53.1 Å². The SMILES string of the molecule is Brc1cc2c(cnn2[C@H]2CCCCO2)cc1OCc1ccccc1. The van der Waals surface area contributed by atoms with E-state index in [-0.39, 0.29) is 6.23 Å². The fourth-order valence-electron chi connectivity index (χ4n) is 3.04. The third-order valence-electron chi connectivity index (χ3n) is 4.31. The first-order chi connectivity index (χ1) is 11.8. The van der Waals surface area contributed by atoms with Crippen molar-refractivity contribution in [1.29, 1.82) is 0 Å². The normalized spacial score (nSPS) is 18.0. The molecule has 1 saturated heterocycles. The van der Waals surface area contributed by atoms with Crippen molar-refractivity contribution in [3.05, 3.63) is 58.7 Å². The summed E-state index contributed by atoms with van der Waals surface area (Å²) in [5, 5.41) is 5.60. The van der Waals surface area contributed by atoms with E-state index in [9.17, 15) is 0 Å². The molecule has 1 aliphatic heterocycles. The summed E-state index contributed by atoms with van der Waals surface area (Å²) in [5.41, 5.74) is 2.22. The number of hydrogen-bond acceptors (Lipinski definition) is 3. The molecule has 124 valence electrons. The first-order valence-corrected chi connectivity index (χ1v) is 9.06. The van der Waals surface area contributed by atoms with E-state index >= 15 is 0 Å². The molecular weight excluding hydrogens is 368 g/mol. The van der Waals surface area contributed by atoms with Crippen molar-refractivity contribution in [3.63, 3.8) is 0 Å². The molecule has 0 unspecified atom stereocenters. The molecule has 5 heteroatoms. The van der Waals surface area contributed by atoms with Crippen LogP contribution in [0.1, 0.15) is 31.1 Å². The van der Waals surface area contributed by atoms with E-state index in [0.717, 1.165) is 46.1 Å². The summed E-state index contributed by atoms with van der Waals surface area (Å²) < 4.78 is 14.8. The lowest BCUT2D eigenvalue weighted by molar-refractivity contribution is -0.0366. The van der Waals surface area contributed by atoms with E-state index in [1.165, 1.54) is 6.42 Å². The number of hydrogen-bond donors (Lipinski definition) is 0. The van der Waals surface area contributed by atoms with Crippen molar-refractivity contribution in [2.75, 3.05) is 6.61 Å². The third kappa shape index (κ3) is 3.19. The van der Waals surface area contributed by atoms with Crippen LogP contribution in [0.2, 0.25) is 0 Å². The van der Waals surface area contributed by atoms with Gasteiger partial charge in [-0.2, -0.15) is 5.10 Å². The van der Waals surface area contributed by atoms with Crippen LogP contribution in [0.5, 0.6) is 5.75 Å². The van der Waals surface area contributed by atoms with Gasteiger partial charge in [0.15, 0.2) is 6.23 Å². The van der Waals surface area contributed by atoms with Crippen LogP contribution < -0.4 is 4.74 Å². The average Bonchev–Trinajstić information content (AvgIpc) is 3.04. The Morgan fingerprint density at radius 1 is 1.21 bits per heavy atom. The Morgan fingerprint density at radius 3 is 2.88 bits per heavy atom. The zero-order chi connectivity index (χ0) is 16.4. The van der Waals surface area contributed by atoms with E-state index in [4.69, 9.17) is 9.47 Å². The van der Waals surface area contributed by atoms with Crippen molar-refractivity contribution < 1.29 is 9.47 Å². The highest BCUT2D eigenvalue weighted by atomic mass is 79.9. The minimum absolute atomic E-state index is 0.0410. The lowest BCUT2D eigenvalue weighted by Gasteiger charge is -2.23. The lowest BCUT2D eigenvalue weighted by Crippen LogP contribution is -2.18. The van der Waals surface area contributed by atoms with Crippen LogP contribution in [0.25, 0.3) is 10.9 Å². The molecule has 4 nitrogen and oxygen atoms in total. The molecular formula is C19H19BrN2O2. The molecule has 0 radical (unpaired) electrons. The first kappa shape index (κ1) is 15.7. The molecule has 2 aromatic carbocycles. The Balaban J connectivity index is 1.58. The molecule has 0 aliphatic carbocycles. The first-order valence-electron chi connectivity index (χ1n) is 8.26. The van der Waals surface area contributed by atoms with Crippen molar-refractivity contribution in [1.82, 2.24) is 9.78 Å². The summed E-state index contributed by atoms with van der Waals surface area (Å²) >= 11 is 3.63. The lowest BCUT2D eigenvalue weighted by atomic mass is 10.2. The Kier molecular flexibility index (Phi) is 4.54. The molecule has 3 aromatic rings. The van der Waals surface area contributed by atoms with Gasteiger partial charge in [-0.05, 0) is 52.9 Å². The molecule has 1 atom stereocenters. The van der Waals surface area contributed by atoms with Gasteiger partial charge < -0.3 is 9.47 Å². The smallest absolute Gasteiger partial charge is 0.150 e. The fraction of sp³-hybridized carbons (Fsp3) is 0.316. The van der Waals surface area contributed by atoms with Crippen molar-refractivity contribution >= 4 is 26.8 Å². The van der Waals surface area contributed by atoms with Gasteiger partial charge in [-0.1, -0.05) is 30.3 Å². The van der Waals surface area contributed by atoms with Crippen LogP contribution in [-0.4, -0.2) is 16.4 Å². The average molecular weight is 387 g/mol. The van der Waals surface area contributed by atoms with Gasteiger partial charge in [0.25, 0.3) is 0 Å². The second kappa shape index (κ2) is 6.95. The maximum atomic E-state index is 5.97. The van der Waals surface area contributed by atoms with Gasteiger partial charge in [0.05, 0.1) is 16.2 Å². The molecule has 1 fully saturated rings. The summed E-state index contributed by atoms with van der Waals surface area (Å²) in [6.45, 7) is 1.36. The number of nitrogens with zero attached hydrogens (tertiary/aromatic N) is 2. The van der Waals surface area contributed by atoms with Gasteiger partial charge in [-0.3, -0.25) is 0 Å². The minimum atomic E-state index is 0.0410. The van der Waals surface area contributed by atoms with Crippen molar-refractivity contribution in [3.8, 4) is 5.75 Å². The molecule has 0 amide bonds. The van der Waals surface area contributed by atoms with Crippen LogP contribution >= 0.6 is 15.9 Å². The zero-order valence-electron chi connectivity index (χ0n) is 13.3. The number of ether oxygens (including phenoxy) is 2. The molecule has 24 heavy (non-hydrogen) atoms. The Labute approximate surface area is 149 Å². The van der Waals surface area contributed by atoms with E-state index in [0.29, 0.717) is 6.61 Å². The predicted octanol–water partition coefficient (Wildman–Crippen LogP) is 5.08. The van der Waals surface area contributed by atoms with Crippen molar-refractivity contribution in [2.45, 2.75) is 32.1 Å². The predicted molar refractivity (Wildman–Crippen MR) is 97.0 cm³/mol. The van der Waals surface area contributed by atoms with Crippen LogP contribution in [0.4, 0.5) is 0 Å². The van der Waals surface area contributed by atoms with Crippen LogP contribution in [0, 0.1) is 0 Å². The largest absolute Gasteiger partial charge is 0.488 e. The van der Waals surface area contributed by atoms with Crippen molar-refractivity contribution in [2.24, 2.45) is 0 Å². The zero-order valence-corrected chi connectivity index (χ0v) is 14.9. The number of halogens is 1. The van der Waals surface area contributed by atoms with E-state index in [1.807, 2.05) is 35.1 Å². The summed E-state index contributed by atoms with van der Waals surface area (Å²) in [7, 11) is 0. The van der Waals surface area contributed by atoms with Gasteiger partial charge >= 0.3 is 0 Å². The fourth-order valence-corrected chi connectivity index (χ4v) is 3.48. The molecule has 0 N–H and O–H groups in total. The van der Waals surface area contributed by atoms with Gasteiger partial charge in [-0.15, -0.1) is 0 Å². The highest BCUT2D eigenvalue weighted by Crippen LogP contribution is 2.33. The standard InChI is InChI=1S/C19H19BrN2O2/c20-16-11-17-15(12-21-22(17)19-8-4-5-9-23-19)10-18(16)24-13-14-6-2-1-3-7-14/h1-3,6-7,10-12,19H,4-5,8-9,13H2/t19-/m1/s1. The Hall–Kier alpha value is -1.85. The third-order valence-corrected chi connectivity index (χ3v) is 4.93. The van der Waals surface area contributed by atoms with Gasteiger partial charge in [0, 0.05) is 12.0 Å². The maximum absolute atomic E-state index is 5.97. The highest BCUT2D eigenvalue weighted by molar-refractivity contribution is 9.10. The van der Waals surface area contributed by atoms with Crippen LogP contribution in [-0.2, 0) is 11.3 Å². The Morgan fingerprint density at radius 2 is 2.08 bits per heavy atom. The topological polar surface area (TPSA) is 36.3 Å². The maximum Gasteiger partial charge on any atom is 0.150 e. The second-order valence-electron chi connectivity index (χ2n) is 6.03. The molecule has 1 aromatic heterocycles. The van der Waals surface area contributed by atoms with E-state index < -0.39 is 0 Å². The molecule has 4 rings (SSSR count). The number of rotatable bonds is 4. The van der Waals surface area contributed by atoms with Crippen LogP contribution in [0.3, 0.4) is 0 Å². The number of aromatic nitrogens is 2. The van der Waals surface area contributed by atoms with E-state index in [2.05, 4.69) is 39.2 Å². The van der Waals surface area contributed by atoms with Gasteiger partial charge in [0.2, 0.25) is 0 Å². The minimum Gasteiger partial charge on any atom is -0.488 e. The number of benzene rings is 2. The summed E-state index contributed by atoms with van der Waals surface area (Å²) in [6.07, 6.45) is 5.26. The van der Waals surface area contributed by atoms with E-state index in [1.54, 1.807) is 0 Å². The molecule has 1 aliphatic rings. The molecule has 2 heterocycles. The number of fused-ring (bicyclic) bond motifs is 1. The van der Waals surface area contributed by atoms with Gasteiger partial charge in [-0.25, -0.2) is 4.68 Å². The monoisotopic (exact) mass is 386 g/mol. The summed E-state index contributed by atoms with van der Waals surface area (Å²) in [4.78, 5) is 0. The molecule has 0 bridgehead atoms. The quantitative estimate of drug-likeness (QED) is 0.627. The highest BCUT2D eigenvalue weighted by Gasteiger charge is 2.19.